The van der Waals surface area contributed by atoms with Crippen molar-refractivity contribution in [1.29, 1.82) is 0 Å². The Kier molecular flexibility index (Phi) is 5.45. The molecule has 3 heterocycles. The summed E-state index contributed by atoms with van der Waals surface area (Å²) >= 11 is 2.95. The minimum Gasteiger partial charge on any atom is -0.467 e. The van der Waals surface area contributed by atoms with Gasteiger partial charge in [0, 0.05) is 23.9 Å². The summed E-state index contributed by atoms with van der Waals surface area (Å²) in [5.74, 6) is 2.71. The summed E-state index contributed by atoms with van der Waals surface area (Å²) in [6, 6.07) is 9.07. The number of hydrogen-bond acceptors (Lipinski definition) is 9. The van der Waals surface area contributed by atoms with Crippen molar-refractivity contribution in [2.45, 2.75) is 17.3 Å². The van der Waals surface area contributed by atoms with Crippen LogP contribution in [-0.2, 0) is 11.3 Å². The number of hydrogen-bond donors (Lipinski definition) is 2. The second kappa shape index (κ2) is 8.31. The lowest BCUT2D eigenvalue weighted by Crippen LogP contribution is -2.12. The number of carbonyl (C=O) groups excluding carboxylic acids is 1. The third kappa shape index (κ3) is 4.72. The predicted molar refractivity (Wildman–Crippen MR) is 102 cm³/mol. The van der Waals surface area contributed by atoms with Gasteiger partial charge >= 0.3 is 0 Å². The van der Waals surface area contributed by atoms with E-state index in [0.717, 1.165) is 15.2 Å². The van der Waals surface area contributed by atoms with Crippen LogP contribution in [0.4, 0.5) is 10.8 Å². The third-order valence-corrected chi connectivity index (χ3v) is 5.63. The summed E-state index contributed by atoms with van der Waals surface area (Å²) in [6.07, 6.45) is 2.00. The van der Waals surface area contributed by atoms with Gasteiger partial charge in [0.25, 0.3) is 0 Å². The van der Waals surface area contributed by atoms with Gasteiger partial charge in [-0.1, -0.05) is 23.1 Å². The number of fused-ring (bicyclic) bond motifs is 1. The van der Waals surface area contributed by atoms with Gasteiger partial charge in [-0.3, -0.25) is 4.79 Å². The quantitative estimate of drug-likeness (QED) is 0.550. The number of anilines is 2. The van der Waals surface area contributed by atoms with E-state index in [1.807, 2.05) is 12.1 Å². The Hall–Kier alpha value is -2.72. The van der Waals surface area contributed by atoms with Crippen LogP contribution in [0.3, 0.4) is 0 Å². The zero-order chi connectivity index (χ0) is 18.5. The molecule has 1 aromatic carbocycles. The van der Waals surface area contributed by atoms with Crippen LogP contribution < -0.4 is 20.1 Å². The standard InChI is InChI=1S/C17H16N4O4S2/c22-15(19-11-3-4-13-14(8-11)25-10-24-13)5-7-26-17-21-20-16(27-17)18-9-12-2-1-6-23-12/h1-4,6,8H,5,7,9-10H2,(H,18,20)(H,19,22). The van der Waals surface area contributed by atoms with Gasteiger partial charge in [0.2, 0.25) is 17.8 Å². The average molecular weight is 404 g/mol. The van der Waals surface area contributed by atoms with Crippen LogP contribution in [0, 0.1) is 0 Å². The Bertz CT molecular complexity index is 914. The van der Waals surface area contributed by atoms with Crippen LogP contribution in [-0.4, -0.2) is 28.7 Å². The molecule has 2 aromatic heterocycles. The van der Waals surface area contributed by atoms with E-state index >= 15 is 0 Å². The highest BCUT2D eigenvalue weighted by Crippen LogP contribution is 2.34. The number of nitrogens with one attached hydrogen (secondary N) is 2. The van der Waals surface area contributed by atoms with Gasteiger partial charge in [-0.15, -0.1) is 10.2 Å². The van der Waals surface area contributed by atoms with E-state index in [9.17, 15) is 4.79 Å². The Morgan fingerprint density at radius 1 is 1.22 bits per heavy atom. The van der Waals surface area contributed by atoms with E-state index in [4.69, 9.17) is 13.9 Å². The first-order valence-corrected chi connectivity index (χ1v) is 9.98. The van der Waals surface area contributed by atoms with Gasteiger partial charge in [0.05, 0.1) is 12.8 Å². The number of benzene rings is 1. The Labute approximate surface area is 163 Å². The third-order valence-electron chi connectivity index (χ3n) is 3.61. The normalized spacial score (nSPS) is 12.1. The fourth-order valence-corrected chi connectivity index (χ4v) is 4.10. The van der Waals surface area contributed by atoms with Crippen LogP contribution >= 0.6 is 23.1 Å². The van der Waals surface area contributed by atoms with Crippen molar-refractivity contribution in [1.82, 2.24) is 10.2 Å². The summed E-state index contributed by atoms with van der Waals surface area (Å²) in [4.78, 5) is 12.1. The Morgan fingerprint density at radius 3 is 3.04 bits per heavy atom. The summed E-state index contributed by atoms with van der Waals surface area (Å²) in [6.45, 7) is 0.772. The molecule has 0 bridgehead atoms. The molecule has 10 heteroatoms. The molecule has 1 aliphatic rings. The lowest BCUT2D eigenvalue weighted by Gasteiger charge is -2.05. The molecule has 8 nitrogen and oxygen atoms in total. The molecule has 1 amide bonds. The maximum atomic E-state index is 12.1. The van der Waals surface area contributed by atoms with Crippen molar-refractivity contribution >= 4 is 39.8 Å². The Morgan fingerprint density at radius 2 is 2.15 bits per heavy atom. The van der Waals surface area contributed by atoms with Crippen LogP contribution in [0.5, 0.6) is 11.5 Å². The van der Waals surface area contributed by atoms with Crippen LogP contribution in [0.2, 0.25) is 0 Å². The van der Waals surface area contributed by atoms with Crippen LogP contribution in [0.25, 0.3) is 0 Å². The van der Waals surface area contributed by atoms with E-state index < -0.39 is 0 Å². The number of furan rings is 1. The zero-order valence-electron chi connectivity index (χ0n) is 14.1. The van der Waals surface area contributed by atoms with Gasteiger partial charge in [-0.05, 0) is 24.3 Å². The zero-order valence-corrected chi connectivity index (χ0v) is 15.8. The number of nitrogens with zero attached hydrogens (tertiary/aromatic N) is 2. The van der Waals surface area contributed by atoms with Crippen molar-refractivity contribution in [2.75, 3.05) is 23.2 Å². The number of thioether (sulfide) groups is 1. The monoisotopic (exact) mass is 404 g/mol. The first-order chi connectivity index (χ1) is 13.3. The molecule has 0 spiro atoms. The van der Waals surface area contributed by atoms with Gasteiger partial charge in [0.15, 0.2) is 15.8 Å². The summed E-state index contributed by atoms with van der Waals surface area (Å²) in [7, 11) is 0. The average Bonchev–Trinajstić information content (AvgIpc) is 3.41. The van der Waals surface area contributed by atoms with E-state index in [-0.39, 0.29) is 12.7 Å². The summed E-state index contributed by atoms with van der Waals surface area (Å²) in [5, 5.41) is 14.9. The number of carbonyl (C=O) groups is 1. The molecule has 1 aliphatic heterocycles. The van der Waals surface area contributed by atoms with Crippen molar-refractivity contribution in [3.63, 3.8) is 0 Å². The summed E-state index contributed by atoms with van der Waals surface area (Å²) < 4.78 is 16.6. The second-order valence-electron chi connectivity index (χ2n) is 5.52. The molecule has 140 valence electrons. The maximum absolute atomic E-state index is 12.1. The van der Waals surface area contributed by atoms with Crippen LogP contribution in [0.1, 0.15) is 12.2 Å². The van der Waals surface area contributed by atoms with E-state index in [0.29, 0.717) is 35.9 Å². The molecule has 0 aliphatic carbocycles. The number of amides is 1. The molecular weight excluding hydrogens is 388 g/mol. The minimum absolute atomic E-state index is 0.0675. The first-order valence-electron chi connectivity index (χ1n) is 8.18. The summed E-state index contributed by atoms with van der Waals surface area (Å²) in [5.41, 5.74) is 0.689. The molecule has 27 heavy (non-hydrogen) atoms. The van der Waals surface area contributed by atoms with E-state index in [1.165, 1.54) is 23.1 Å². The molecule has 0 atom stereocenters. The molecule has 4 rings (SSSR count). The highest BCUT2D eigenvalue weighted by molar-refractivity contribution is 8.01. The first kappa shape index (κ1) is 17.7. The van der Waals surface area contributed by atoms with Crippen molar-refractivity contribution in [2.24, 2.45) is 0 Å². The van der Waals surface area contributed by atoms with Gasteiger partial charge in [-0.2, -0.15) is 0 Å². The van der Waals surface area contributed by atoms with Gasteiger partial charge in [-0.25, -0.2) is 0 Å². The maximum Gasteiger partial charge on any atom is 0.231 e. The molecular formula is C17H16N4O4S2. The lowest BCUT2D eigenvalue weighted by atomic mass is 10.2. The van der Waals surface area contributed by atoms with E-state index in [2.05, 4.69) is 20.8 Å². The van der Waals surface area contributed by atoms with Crippen molar-refractivity contribution in [3.8, 4) is 11.5 Å². The van der Waals surface area contributed by atoms with Crippen LogP contribution in [0.15, 0.2) is 45.4 Å². The largest absolute Gasteiger partial charge is 0.467 e. The molecule has 0 radical (unpaired) electrons. The molecule has 0 fully saturated rings. The number of rotatable bonds is 8. The molecule has 0 saturated carbocycles. The minimum atomic E-state index is -0.0675. The Balaban J connectivity index is 1.20. The lowest BCUT2D eigenvalue weighted by molar-refractivity contribution is -0.115. The van der Waals surface area contributed by atoms with Gasteiger partial charge in [0.1, 0.15) is 5.76 Å². The van der Waals surface area contributed by atoms with Crippen molar-refractivity contribution < 1.29 is 18.7 Å². The molecule has 0 saturated heterocycles. The topological polar surface area (TPSA) is 98.5 Å². The number of ether oxygens (including phenoxy) is 2. The van der Waals surface area contributed by atoms with Crippen molar-refractivity contribution in [3.05, 3.63) is 42.4 Å². The predicted octanol–water partition coefficient (Wildman–Crippen LogP) is 3.59. The highest BCUT2D eigenvalue weighted by Gasteiger charge is 2.14. The molecule has 3 aromatic rings. The SMILES string of the molecule is O=C(CCSc1nnc(NCc2ccco2)s1)Nc1ccc2c(c1)OCO2. The van der Waals surface area contributed by atoms with Gasteiger partial charge < -0.3 is 24.5 Å². The molecule has 2 N–H and O–H groups in total. The highest BCUT2D eigenvalue weighted by atomic mass is 32.2. The fourth-order valence-electron chi connectivity index (χ4n) is 2.34. The number of aromatic nitrogens is 2. The smallest absolute Gasteiger partial charge is 0.231 e. The molecule has 0 unspecified atom stereocenters. The fraction of sp³-hybridized carbons (Fsp3) is 0.235. The van der Waals surface area contributed by atoms with E-state index in [1.54, 1.807) is 24.5 Å². The second-order valence-corrected chi connectivity index (χ2v) is 7.84.